The van der Waals surface area contributed by atoms with Gasteiger partial charge in [-0.2, -0.15) is 0 Å². The molecule has 0 saturated carbocycles. The minimum Gasteiger partial charge on any atom is -0.465 e. The van der Waals surface area contributed by atoms with Gasteiger partial charge in [0.15, 0.2) is 5.78 Å². The summed E-state index contributed by atoms with van der Waals surface area (Å²) in [6.07, 6.45) is -0.956. The van der Waals surface area contributed by atoms with Crippen molar-refractivity contribution in [3.8, 4) is 5.69 Å². The molecular weight excluding hydrogens is 474 g/mol. The number of ketones is 1. The third kappa shape index (κ3) is 4.07. The molecule has 1 N–H and O–H groups in total. The molecule has 5 rings (SSSR count). The van der Waals surface area contributed by atoms with E-state index in [1.54, 1.807) is 22.8 Å². The Labute approximate surface area is 212 Å². The molecule has 36 heavy (non-hydrogen) atoms. The quantitative estimate of drug-likeness (QED) is 0.378. The minimum absolute atomic E-state index is 0.121. The van der Waals surface area contributed by atoms with Crippen LogP contribution in [0.2, 0.25) is 0 Å². The SMILES string of the molecule is CC(C)(C)N(C(=O)O)C1CN(c2sc3c(ccc(=O)n3-c3ccccc3)c2C(=O)c2ccccc2)C1. The summed E-state index contributed by atoms with van der Waals surface area (Å²) >= 11 is 1.40. The van der Waals surface area contributed by atoms with E-state index < -0.39 is 11.6 Å². The van der Waals surface area contributed by atoms with E-state index in [1.165, 1.54) is 22.3 Å². The molecule has 0 aliphatic carbocycles. The number of hydrogen-bond donors (Lipinski definition) is 1. The average Bonchev–Trinajstić information content (AvgIpc) is 3.19. The predicted octanol–water partition coefficient (Wildman–Crippen LogP) is 5.25. The summed E-state index contributed by atoms with van der Waals surface area (Å²) in [4.78, 5) is 43.0. The molecule has 184 valence electrons. The molecule has 1 aliphatic rings. The molecule has 0 atom stereocenters. The van der Waals surface area contributed by atoms with Crippen molar-refractivity contribution in [1.82, 2.24) is 9.47 Å². The van der Waals surface area contributed by atoms with E-state index in [1.807, 2.05) is 74.2 Å². The van der Waals surface area contributed by atoms with Crippen LogP contribution >= 0.6 is 11.3 Å². The van der Waals surface area contributed by atoms with Crippen LogP contribution in [0.4, 0.5) is 9.80 Å². The first-order chi connectivity index (χ1) is 17.2. The molecule has 1 amide bonds. The van der Waals surface area contributed by atoms with Gasteiger partial charge in [0.25, 0.3) is 5.56 Å². The number of hydrogen-bond acceptors (Lipinski definition) is 5. The molecule has 1 saturated heterocycles. The van der Waals surface area contributed by atoms with Crippen LogP contribution in [0.1, 0.15) is 36.7 Å². The summed E-state index contributed by atoms with van der Waals surface area (Å²) in [5.41, 5.74) is 1.12. The van der Waals surface area contributed by atoms with E-state index in [0.29, 0.717) is 34.4 Å². The van der Waals surface area contributed by atoms with Crippen LogP contribution in [-0.4, -0.2) is 51.1 Å². The predicted molar refractivity (Wildman–Crippen MR) is 143 cm³/mol. The van der Waals surface area contributed by atoms with Gasteiger partial charge in [0.05, 0.1) is 17.3 Å². The number of benzene rings is 2. The third-order valence-electron chi connectivity index (χ3n) is 6.44. The molecule has 7 nitrogen and oxygen atoms in total. The van der Waals surface area contributed by atoms with E-state index in [0.717, 1.165) is 10.7 Å². The maximum absolute atomic E-state index is 13.8. The van der Waals surface area contributed by atoms with Crippen molar-refractivity contribution in [2.75, 3.05) is 18.0 Å². The highest BCUT2D eigenvalue weighted by Gasteiger charge is 2.42. The number of anilines is 1. The Morgan fingerprint density at radius 2 is 1.56 bits per heavy atom. The Balaban J connectivity index is 1.65. The topological polar surface area (TPSA) is 82.8 Å². The van der Waals surface area contributed by atoms with Crippen molar-refractivity contribution < 1.29 is 14.7 Å². The van der Waals surface area contributed by atoms with Crippen LogP contribution in [0.25, 0.3) is 15.9 Å². The normalized spacial score (nSPS) is 14.0. The van der Waals surface area contributed by atoms with E-state index in [9.17, 15) is 19.5 Å². The van der Waals surface area contributed by atoms with Gasteiger partial charge in [-0.05, 0) is 39.0 Å². The van der Waals surface area contributed by atoms with E-state index in [-0.39, 0.29) is 17.4 Å². The van der Waals surface area contributed by atoms with E-state index in [2.05, 4.69) is 0 Å². The number of aromatic nitrogens is 1. The number of carboxylic acid groups (broad SMARTS) is 1. The van der Waals surface area contributed by atoms with Crippen LogP contribution in [0.5, 0.6) is 0 Å². The highest BCUT2D eigenvalue weighted by atomic mass is 32.1. The summed E-state index contributed by atoms with van der Waals surface area (Å²) in [5, 5.41) is 11.3. The number of para-hydroxylation sites is 1. The Hall–Kier alpha value is -3.91. The number of carbonyl (C=O) groups is 2. The number of carbonyl (C=O) groups excluding carboxylic acids is 1. The standard InChI is InChI=1S/C28H27N3O4S/c1-28(2,3)31(27(34)35)20-16-29(17-20)26-23(24(33)18-10-6-4-7-11-18)21-14-15-22(32)30(25(21)36-26)19-12-8-5-9-13-19/h4-15,20H,16-17H2,1-3H3,(H,34,35). The van der Waals surface area contributed by atoms with Gasteiger partial charge in [0.1, 0.15) is 9.83 Å². The van der Waals surface area contributed by atoms with Gasteiger partial charge in [-0.3, -0.25) is 19.1 Å². The lowest BCUT2D eigenvalue weighted by atomic mass is 9.97. The molecule has 1 aliphatic heterocycles. The van der Waals surface area contributed by atoms with Crippen LogP contribution in [0.15, 0.2) is 77.6 Å². The third-order valence-corrected chi connectivity index (χ3v) is 7.70. The number of nitrogens with zero attached hydrogens (tertiary/aromatic N) is 3. The zero-order valence-electron chi connectivity index (χ0n) is 20.3. The molecule has 0 spiro atoms. The first-order valence-electron chi connectivity index (χ1n) is 11.8. The molecule has 8 heteroatoms. The lowest BCUT2D eigenvalue weighted by Gasteiger charge is -2.49. The Morgan fingerprint density at radius 1 is 0.944 bits per heavy atom. The van der Waals surface area contributed by atoms with Gasteiger partial charge in [0.2, 0.25) is 0 Å². The van der Waals surface area contributed by atoms with Gasteiger partial charge in [-0.15, -0.1) is 0 Å². The van der Waals surface area contributed by atoms with Crippen LogP contribution in [-0.2, 0) is 0 Å². The Morgan fingerprint density at radius 3 is 2.14 bits per heavy atom. The van der Waals surface area contributed by atoms with Gasteiger partial charge in [-0.25, -0.2) is 4.79 Å². The monoisotopic (exact) mass is 501 g/mol. The molecule has 2 aromatic heterocycles. The summed E-state index contributed by atoms with van der Waals surface area (Å²) in [6, 6.07) is 21.5. The second-order valence-electron chi connectivity index (χ2n) is 9.92. The number of fused-ring (bicyclic) bond motifs is 1. The molecule has 0 radical (unpaired) electrons. The van der Waals surface area contributed by atoms with Crippen molar-refractivity contribution in [2.24, 2.45) is 0 Å². The van der Waals surface area contributed by atoms with Crippen LogP contribution < -0.4 is 10.5 Å². The summed E-state index contributed by atoms with van der Waals surface area (Å²) in [5.74, 6) is -0.121. The first kappa shape index (κ1) is 23.8. The zero-order valence-corrected chi connectivity index (χ0v) is 21.2. The molecule has 0 bridgehead atoms. The Bertz CT molecular complexity index is 1500. The molecule has 4 aromatic rings. The zero-order chi connectivity index (χ0) is 25.6. The lowest BCUT2D eigenvalue weighted by molar-refractivity contribution is 0.0603. The number of amides is 1. The number of rotatable bonds is 5. The molecule has 1 fully saturated rings. The average molecular weight is 502 g/mol. The van der Waals surface area contributed by atoms with Crippen molar-refractivity contribution in [1.29, 1.82) is 0 Å². The van der Waals surface area contributed by atoms with Crippen molar-refractivity contribution in [2.45, 2.75) is 32.4 Å². The Kier molecular flexibility index (Phi) is 5.92. The smallest absolute Gasteiger partial charge is 0.408 e. The molecule has 3 heterocycles. The summed E-state index contributed by atoms with van der Waals surface area (Å²) in [7, 11) is 0. The second kappa shape index (κ2) is 8.95. The maximum atomic E-state index is 13.8. The van der Waals surface area contributed by atoms with Crippen LogP contribution in [0, 0.1) is 0 Å². The van der Waals surface area contributed by atoms with Crippen LogP contribution in [0.3, 0.4) is 0 Å². The van der Waals surface area contributed by atoms with Crippen molar-refractivity contribution in [3.05, 3.63) is 94.3 Å². The largest absolute Gasteiger partial charge is 0.465 e. The fourth-order valence-corrected chi connectivity index (χ4v) is 6.18. The number of thiophene rings is 1. The second-order valence-corrected chi connectivity index (χ2v) is 10.9. The van der Waals surface area contributed by atoms with E-state index in [4.69, 9.17) is 0 Å². The maximum Gasteiger partial charge on any atom is 0.408 e. The molecular formula is C28H27N3O4S. The molecule has 0 unspecified atom stereocenters. The van der Waals surface area contributed by atoms with Crippen molar-refractivity contribution >= 4 is 38.4 Å². The number of pyridine rings is 1. The minimum atomic E-state index is -0.956. The lowest BCUT2D eigenvalue weighted by Crippen LogP contribution is -2.65. The fraction of sp³-hybridized carbons (Fsp3) is 0.250. The van der Waals surface area contributed by atoms with Crippen molar-refractivity contribution in [3.63, 3.8) is 0 Å². The van der Waals surface area contributed by atoms with Gasteiger partial charge < -0.3 is 10.0 Å². The summed E-state index contributed by atoms with van der Waals surface area (Å²) in [6.45, 7) is 6.59. The van der Waals surface area contributed by atoms with E-state index >= 15 is 0 Å². The fourth-order valence-electron chi connectivity index (χ4n) is 4.84. The first-order valence-corrected chi connectivity index (χ1v) is 12.6. The molecule has 2 aromatic carbocycles. The highest BCUT2D eigenvalue weighted by molar-refractivity contribution is 7.23. The highest BCUT2D eigenvalue weighted by Crippen LogP contribution is 2.42. The summed E-state index contributed by atoms with van der Waals surface area (Å²) < 4.78 is 1.64. The van der Waals surface area contributed by atoms with Gasteiger partial charge in [-0.1, -0.05) is 59.9 Å². The van der Waals surface area contributed by atoms with Gasteiger partial charge >= 0.3 is 6.09 Å². The van der Waals surface area contributed by atoms with Gasteiger partial charge in [0, 0.05) is 35.6 Å².